The van der Waals surface area contributed by atoms with Gasteiger partial charge in [0, 0.05) is 31.1 Å². The number of likely N-dealkylation sites (tertiary alicyclic amines) is 1. The zero-order valence-corrected chi connectivity index (χ0v) is 14.2. The summed E-state index contributed by atoms with van der Waals surface area (Å²) in [5, 5.41) is 2.98. The van der Waals surface area contributed by atoms with Crippen LogP contribution < -0.4 is 10.1 Å². The third-order valence-electron chi connectivity index (χ3n) is 4.17. The highest BCUT2D eigenvalue weighted by atomic mass is 16.5. The number of amides is 2. The molecular weight excluding hydrogens is 292 g/mol. The van der Waals surface area contributed by atoms with Crippen LogP contribution in [0.5, 0.6) is 5.75 Å². The van der Waals surface area contributed by atoms with Crippen molar-refractivity contribution in [2.24, 2.45) is 11.8 Å². The second-order valence-corrected chi connectivity index (χ2v) is 6.43. The number of hydrogen-bond acceptors (Lipinski definition) is 3. The number of nitrogens with one attached hydrogen (secondary N) is 1. The molecule has 1 fully saturated rings. The summed E-state index contributed by atoms with van der Waals surface area (Å²) >= 11 is 0. The van der Waals surface area contributed by atoms with Crippen molar-refractivity contribution in [3.05, 3.63) is 29.8 Å². The van der Waals surface area contributed by atoms with E-state index in [1.54, 1.807) is 31.4 Å². The van der Waals surface area contributed by atoms with Crippen LogP contribution in [0.15, 0.2) is 24.3 Å². The monoisotopic (exact) mass is 318 g/mol. The van der Waals surface area contributed by atoms with Crippen LogP contribution >= 0.6 is 0 Å². The van der Waals surface area contributed by atoms with Gasteiger partial charge in [-0.1, -0.05) is 13.8 Å². The summed E-state index contributed by atoms with van der Waals surface area (Å²) in [6.45, 7) is 6.13. The Balaban J connectivity index is 1.85. The lowest BCUT2D eigenvalue weighted by Gasteiger charge is -2.31. The number of piperidine rings is 1. The van der Waals surface area contributed by atoms with E-state index in [1.807, 2.05) is 4.90 Å². The van der Waals surface area contributed by atoms with Crippen LogP contribution in [0.2, 0.25) is 0 Å². The Kier molecular flexibility index (Phi) is 6.02. The highest BCUT2D eigenvalue weighted by Crippen LogP contribution is 2.20. The number of hydrogen-bond donors (Lipinski definition) is 1. The smallest absolute Gasteiger partial charge is 0.253 e. The van der Waals surface area contributed by atoms with Gasteiger partial charge in [-0.25, -0.2) is 0 Å². The number of rotatable bonds is 5. The lowest BCUT2D eigenvalue weighted by atomic mass is 9.95. The Bertz CT molecular complexity index is 532. The van der Waals surface area contributed by atoms with Gasteiger partial charge in [-0.3, -0.25) is 9.59 Å². The van der Waals surface area contributed by atoms with Crippen LogP contribution in [0.3, 0.4) is 0 Å². The van der Waals surface area contributed by atoms with Gasteiger partial charge >= 0.3 is 0 Å². The van der Waals surface area contributed by atoms with Gasteiger partial charge in [0.1, 0.15) is 5.75 Å². The second kappa shape index (κ2) is 7.99. The number of ether oxygens (including phenoxy) is 1. The first kappa shape index (κ1) is 17.3. The van der Waals surface area contributed by atoms with Crippen molar-refractivity contribution in [1.82, 2.24) is 10.2 Å². The van der Waals surface area contributed by atoms with Crippen molar-refractivity contribution < 1.29 is 14.3 Å². The van der Waals surface area contributed by atoms with E-state index in [1.165, 1.54) is 0 Å². The quantitative estimate of drug-likeness (QED) is 0.906. The molecule has 0 radical (unpaired) electrons. The lowest BCUT2D eigenvalue weighted by Crippen LogP contribution is -2.43. The van der Waals surface area contributed by atoms with Gasteiger partial charge in [0.15, 0.2) is 0 Å². The van der Waals surface area contributed by atoms with Crippen LogP contribution in [0.4, 0.5) is 0 Å². The molecule has 5 nitrogen and oxygen atoms in total. The molecule has 2 rings (SSSR count). The van der Waals surface area contributed by atoms with Crippen molar-refractivity contribution in [2.45, 2.75) is 26.7 Å². The summed E-state index contributed by atoms with van der Waals surface area (Å²) < 4.78 is 5.11. The van der Waals surface area contributed by atoms with E-state index in [0.29, 0.717) is 31.1 Å². The van der Waals surface area contributed by atoms with Crippen LogP contribution in [-0.2, 0) is 4.79 Å². The number of benzene rings is 1. The van der Waals surface area contributed by atoms with Crippen LogP contribution in [0, 0.1) is 11.8 Å². The second-order valence-electron chi connectivity index (χ2n) is 6.43. The summed E-state index contributed by atoms with van der Waals surface area (Å²) in [6, 6.07) is 7.14. The maximum absolute atomic E-state index is 12.5. The molecule has 0 saturated carbocycles. The molecule has 0 aromatic heterocycles. The molecular formula is C18H26N2O3. The molecule has 0 aliphatic carbocycles. The van der Waals surface area contributed by atoms with E-state index >= 15 is 0 Å². The largest absolute Gasteiger partial charge is 0.497 e. The van der Waals surface area contributed by atoms with E-state index in [4.69, 9.17) is 4.74 Å². The predicted molar refractivity (Wildman–Crippen MR) is 89.5 cm³/mol. The van der Waals surface area contributed by atoms with Crippen LogP contribution in [0.25, 0.3) is 0 Å². The molecule has 0 bridgehead atoms. The van der Waals surface area contributed by atoms with Gasteiger partial charge in [-0.2, -0.15) is 0 Å². The number of carbonyl (C=O) groups is 2. The minimum absolute atomic E-state index is 0.0219. The first-order chi connectivity index (χ1) is 11.0. The molecule has 1 saturated heterocycles. The number of nitrogens with zero attached hydrogens (tertiary/aromatic N) is 1. The Morgan fingerprint density at radius 1 is 1.22 bits per heavy atom. The van der Waals surface area contributed by atoms with Crippen molar-refractivity contribution in [3.63, 3.8) is 0 Å². The fraction of sp³-hybridized carbons (Fsp3) is 0.556. The molecule has 1 aromatic carbocycles. The maximum atomic E-state index is 12.5. The first-order valence-corrected chi connectivity index (χ1v) is 8.22. The first-order valence-electron chi connectivity index (χ1n) is 8.22. The average Bonchev–Trinajstić information content (AvgIpc) is 2.59. The zero-order chi connectivity index (χ0) is 16.8. The van der Waals surface area contributed by atoms with Gasteiger partial charge in [0.05, 0.1) is 7.11 Å². The molecule has 1 N–H and O–H groups in total. The van der Waals surface area contributed by atoms with Gasteiger partial charge in [0.2, 0.25) is 5.91 Å². The topological polar surface area (TPSA) is 58.6 Å². The number of carbonyl (C=O) groups excluding carboxylic acids is 2. The maximum Gasteiger partial charge on any atom is 0.253 e. The van der Waals surface area contributed by atoms with Crippen LogP contribution in [0.1, 0.15) is 37.0 Å². The molecule has 126 valence electrons. The molecule has 0 unspecified atom stereocenters. The molecule has 1 heterocycles. The molecule has 0 atom stereocenters. The normalized spacial score (nSPS) is 15.6. The highest BCUT2D eigenvalue weighted by molar-refractivity contribution is 5.94. The van der Waals surface area contributed by atoms with E-state index in [-0.39, 0.29) is 17.7 Å². The lowest BCUT2D eigenvalue weighted by molar-refractivity contribution is -0.126. The number of methoxy groups -OCH3 is 1. The summed E-state index contributed by atoms with van der Waals surface area (Å²) in [6.07, 6.45) is 1.46. The molecule has 23 heavy (non-hydrogen) atoms. The van der Waals surface area contributed by atoms with Gasteiger partial charge in [0.25, 0.3) is 5.91 Å². The minimum atomic E-state index is 0.0219. The summed E-state index contributed by atoms with van der Waals surface area (Å²) in [4.78, 5) is 26.4. The Morgan fingerprint density at radius 2 is 1.83 bits per heavy atom. The van der Waals surface area contributed by atoms with Crippen molar-refractivity contribution in [1.29, 1.82) is 0 Å². The Hall–Kier alpha value is -2.04. The van der Waals surface area contributed by atoms with Gasteiger partial charge < -0.3 is 15.0 Å². The summed E-state index contributed by atoms with van der Waals surface area (Å²) in [5.41, 5.74) is 0.661. The molecule has 1 aliphatic rings. The van der Waals surface area contributed by atoms with E-state index in [2.05, 4.69) is 19.2 Å². The third kappa shape index (κ3) is 4.71. The molecule has 1 aromatic rings. The van der Waals surface area contributed by atoms with E-state index < -0.39 is 0 Å². The Labute approximate surface area is 138 Å². The minimum Gasteiger partial charge on any atom is -0.497 e. The summed E-state index contributed by atoms with van der Waals surface area (Å²) in [7, 11) is 1.60. The van der Waals surface area contributed by atoms with Gasteiger partial charge in [-0.15, -0.1) is 0 Å². The fourth-order valence-corrected chi connectivity index (χ4v) is 2.71. The van der Waals surface area contributed by atoms with Crippen LogP contribution in [-0.4, -0.2) is 43.5 Å². The molecule has 5 heteroatoms. The van der Waals surface area contributed by atoms with Crippen molar-refractivity contribution >= 4 is 11.8 Å². The van der Waals surface area contributed by atoms with Crippen molar-refractivity contribution in [3.8, 4) is 5.75 Å². The summed E-state index contributed by atoms with van der Waals surface area (Å²) in [5.74, 6) is 1.36. The van der Waals surface area contributed by atoms with E-state index in [9.17, 15) is 9.59 Å². The zero-order valence-electron chi connectivity index (χ0n) is 14.2. The fourth-order valence-electron chi connectivity index (χ4n) is 2.71. The van der Waals surface area contributed by atoms with Gasteiger partial charge in [-0.05, 0) is 43.0 Å². The SMILES string of the molecule is COc1ccc(C(=O)N2CCC(C(=O)NCC(C)C)CC2)cc1. The Morgan fingerprint density at radius 3 is 2.35 bits per heavy atom. The predicted octanol–water partition coefficient (Wildman–Crippen LogP) is 2.32. The molecule has 0 spiro atoms. The van der Waals surface area contributed by atoms with E-state index in [0.717, 1.165) is 18.6 Å². The average molecular weight is 318 g/mol. The standard InChI is InChI=1S/C18H26N2O3/c1-13(2)12-19-17(21)14-8-10-20(11-9-14)18(22)15-4-6-16(23-3)7-5-15/h4-7,13-14H,8-12H2,1-3H3,(H,19,21). The molecule has 2 amide bonds. The molecule has 1 aliphatic heterocycles. The van der Waals surface area contributed by atoms with Crippen molar-refractivity contribution in [2.75, 3.05) is 26.7 Å². The third-order valence-corrected chi connectivity index (χ3v) is 4.17. The highest BCUT2D eigenvalue weighted by Gasteiger charge is 2.27.